The minimum absolute atomic E-state index is 0.201. The Bertz CT molecular complexity index is 703. The predicted octanol–water partition coefficient (Wildman–Crippen LogP) is 1.22. The SMILES string of the molecule is CCOC(=O)C1(N=C=O)CC1c1ccc(S(C)(=O)=O)cc1. The molecular weight excluding hydrogens is 294 g/mol. The summed E-state index contributed by atoms with van der Waals surface area (Å²) in [6, 6.07) is 6.21. The average Bonchev–Trinajstić information content (AvgIpc) is 3.14. The van der Waals surface area contributed by atoms with E-state index in [1.165, 1.54) is 18.2 Å². The van der Waals surface area contributed by atoms with Crippen molar-refractivity contribution >= 4 is 21.9 Å². The molecule has 2 unspecified atom stereocenters. The standard InChI is InChI=1S/C14H15NO5S/c1-3-20-13(17)14(15-9-16)8-12(14)10-4-6-11(7-5-10)21(2,18)19/h4-7,12H,3,8H2,1-2H3. The number of esters is 1. The highest BCUT2D eigenvalue weighted by Crippen LogP contribution is 2.55. The minimum atomic E-state index is -3.27. The van der Waals surface area contributed by atoms with Gasteiger partial charge in [-0.3, -0.25) is 0 Å². The van der Waals surface area contributed by atoms with E-state index >= 15 is 0 Å². The van der Waals surface area contributed by atoms with Crippen LogP contribution in [-0.4, -0.2) is 38.9 Å². The van der Waals surface area contributed by atoms with Crippen molar-refractivity contribution in [3.05, 3.63) is 29.8 Å². The Hall–Kier alpha value is -1.98. The summed E-state index contributed by atoms with van der Waals surface area (Å²) in [6.07, 6.45) is 2.91. The summed E-state index contributed by atoms with van der Waals surface area (Å²) in [5.41, 5.74) is -0.459. The van der Waals surface area contributed by atoms with Crippen LogP contribution < -0.4 is 0 Å². The zero-order chi connectivity index (χ0) is 15.7. The first kappa shape index (κ1) is 15.4. The molecule has 21 heavy (non-hydrogen) atoms. The van der Waals surface area contributed by atoms with Crippen LogP contribution >= 0.6 is 0 Å². The molecule has 0 aromatic heterocycles. The molecule has 0 spiro atoms. The largest absolute Gasteiger partial charge is 0.464 e. The fraction of sp³-hybridized carbons (Fsp3) is 0.429. The topological polar surface area (TPSA) is 89.9 Å². The van der Waals surface area contributed by atoms with Crippen molar-refractivity contribution in [3.63, 3.8) is 0 Å². The van der Waals surface area contributed by atoms with Crippen molar-refractivity contribution < 1.29 is 22.7 Å². The Labute approximate surface area is 122 Å². The van der Waals surface area contributed by atoms with Gasteiger partial charge in [-0.1, -0.05) is 12.1 Å². The van der Waals surface area contributed by atoms with Crippen LogP contribution in [0.15, 0.2) is 34.2 Å². The van der Waals surface area contributed by atoms with Gasteiger partial charge in [-0.25, -0.2) is 18.0 Å². The molecule has 0 aliphatic heterocycles. The molecule has 2 rings (SSSR count). The highest BCUT2D eigenvalue weighted by atomic mass is 32.2. The second-order valence-corrected chi connectivity index (χ2v) is 6.96. The lowest BCUT2D eigenvalue weighted by molar-refractivity contribution is -0.145. The van der Waals surface area contributed by atoms with E-state index in [0.717, 1.165) is 11.8 Å². The van der Waals surface area contributed by atoms with E-state index in [-0.39, 0.29) is 17.4 Å². The molecule has 1 aromatic carbocycles. The van der Waals surface area contributed by atoms with Crippen LogP contribution in [0, 0.1) is 0 Å². The van der Waals surface area contributed by atoms with Crippen LogP contribution in [0.1, 0.15) is 24.8 Å². The summed E-state index contributed by atoms with van der Waals surface area (Å²) >= 11 is 0. The van der Waals surface area contributed by atoms with Gasteiger partial charge in [0.25, 0.3) is 0 Å². The number of benzene rings is 1. The van der Waals surface area contributed by atoms with Gasteiger partial charge in [-0.2, -0.15) is 4.99 Å². The van der Waals surface area contributed by atoms with Gasteiger partial charge in [0.15, 0.2) is 15.4 Å². The highest BCUT2D eigenvalue weighted by molar-refractivity contribution is 7.90. The van der Waals surface area contributed by atoms with Crippen LogP contribution in [0.25, 0.3) is 0 Å². The molecular formula is C14H15NO5S. The first-order chi connectivity index (χ1) is 9.85. The maximum absolute atomic E-state index is 11.9. The van der Waals surface area contributed by atoms with Crippen molar-refractivity contribution in [2.24, 2.45) is 4.99 Å². The summed E-state index contributed by atoms with van der Waals surface area (Å²) in [6.45, 7) is 1.88. The smallest absolute Gasteiger partial charge is 0.335 e. The number of carbonyl (C=O) groups excluding carboxylic acids is 2. The Morgan fingerprint density at radius 2 is 2.05 bits per heavy atom. The van der Waals surface area contributed by atoms with Crippen molar-refractivity contribution in [3.8, 4) is 0 Å². The lowest BCUT2D eigenvalue weighted by Crippen LogP contribution is -2.25. The van der Waals surface area contributed by atoms with Crippen LogP contribution in [0.3, 0.4) is 0 Å². The zero-order valence-corrected chi connectivity index (χ0v) is 12.5. The number of hydrogen-bond acceptors (Lipinski definition) is 6. The van der Waals surface area contributed by atoms with E-state index in [9.17, 15) is 18.0 Å². The number of aliphatic imine (C=N–C) groups is 1. The van der Waals surface area contributed by atoms with E-state index in [0.29, 0.717) is 6.42 Å². The Morgan fingerprint density at radius 3 is 2.52 bits per heavy atom. The first-order valence-electron chi connectivity index (χ1n) is 6.41. The number of hydrogen-bond donors (Lipinski definition) is 0. The van der Waals surface area contributed by atoms with Gasteiger partial charge < -0.3 is 4.74 Å². The predicted molar refractivity (Wildman–Crippen MR) is 74.4 cm³/mol. The van der Waals surface area contributed by atoms with Crippen molar-refractivity contribution in [1.29, 1.82) is 0 Å². The summed E-state index contributed by atoms with van der Waals surface area (Å²) in [4.78, 5) is 26.3. The van der Waals surface area contributed by atoms with E-state index in [4.69, 9.17) is 4.74 Å². The van der Waals surface area contributed by atoms with Gasteiger partial charge in [-0.15, -0.1) is 0 Å². The van der Waals surface area contributed by atoms with Crippen molar-refractivity contribution in [2.45, 2.75) is 29.7 Å². The van der Waals surface area contributed by atoms with E-state index < -0.39 is 21.3 Å². The van der Waals surface area contributed by atoms with Gasteiger partial charge in [0.05, 0.1) is 11.5 Å². The second kappa shape index (κ2) is 5.42. The molecule has 0 bridgehead atoms. The van der Waals surface area contributed by atoms with E-state index in [1.807, 2.05) is 0 Å². The lowest BCUT2D eigenvalue weighted by Gasteiger charge is -2.09. The molecule has 1 saturated carbocycles. The average molecular weight is 309 g/mol. The van der Waals surface area contributed by atoms with Crippen molar-refractivity contribution in [1.82, 2.24) is 0 Å². The van der Waals surface area contributed by atoms with Gasteiger partial charge in [0.2, 0.25) is 6.08 Å². The fourth-order valence-electron chi connectivity index (χ4n) is 2.33. The summed E-state index contributed by atoms with van der Waals surface area (Å²) in [5, 5.41) is 0. The normalized spacial score (nSPS) is 24.0. The molecule has 2 atom stereocenters. The van der Waals surface area contributed by atoms with Crippen LogP contribution in [0.5, 0.6) is 0 Å². The maximum atomic E-state index is 11.9. The zero-order valence-electron chi connectivity index (χ0n) is 11.7. The molecule has 1 aliphatic carbocycles. The van der Waals surface area contributed by atoms with Crippen molar-refractivity contribution in [2.75, 3.05) is 12.9 Å². The Balaban J connectivity index is 2.28. The molecule has 6 nitrogen and oxygen atoms in total. The minimum Gasteiger partial charge on any atom is -0.464 e. The molecule has 0 amide bonds. The molecule has 1 aliphatic rings. The second-order valence-electron chi connectivity index (χ2n) is 4.95. The summed E-state index contributed by atoms with van der Waals surface area (Å²) in [7, 11) is -3.27. The van der Waals surface area contributed by atoms with Gasteiger partial charge in [0.1, 0.15) is 0 Å². The molecule has 0 N–H and O–H groups in total. The number of isocyanates is 1. The maximum Gasteiger partial charge on any atom is 0.335 e. The lowest BCUT2D eigenvalue weighted by atomic mass is 10.1. The number of rotatable bonds is 5. The summed E-state index contributed by atoms with van der Waals surface area (Å²) < 4.78 is 27.8. The number of carbonyl (C=O) groups is 1. The quantitative estimate of drug-likeness (QED) is 0.463. The number of sulfone groups is 1. The molecule has 0 heterocycles. The van der Waals surface area contributed by atoms with E-state index in [2.05, 4.69) is 4.99 Å². The van der Waals surface area contributed by atoms with Gasteiger partial charge >= 0.3 is 5.97 Å². The van der Waals surface area contributed by atoms with Crippen LogP contribution in [-0.2, 0) is 24.2 Å². The van der Waals surface area contributed by atoms with Crippen LogP contribution in [0.2, 0.25) is 0 Å². The third kappa shape index (κ3) is 2.89. The van der Waals surface area contributed by atoms with Gasteiger partial charge in [-0.05, 0) is 31.0 Å². The third-order valence-electron chi connectivity index (χ3n) is 3.52. The van der Waals surface area contributed by atoms with Crippen LogP contribution in [0.4, 0.5) is 0 Å². The number of ether oxygens (including phenoxy) is 1. The Kier molecular flexibility index (Phi) is 3.98. The monoisotopic (exact) mass is 309 g/mol. The Morgan fingerprint density at radius 1 is 1.43 bits per heavy atom. The summed E-state index contributed by atoms with van der Waals surface area (Å²) in [5.74, 6) is -0.836. The third-order valence-corrected chi connectivity index (χ3v) is 4.64. The molecule has 1 aromatic rings. The first-order valence-corrected chi connectivity index (χ1v) is 8.30. The van der Waals surface area contributed by atoms with E-state index in [1.54, 1.807) is 19.1 Å². The molecule has 0 radical (unpaired) electrons. The molecule has 0 saturated heterocycles. The molecule has 1 fully saturated rings. The molecule has 7 heteroatoms. The van der Waals surface area contributed by atoms with Gasteiger partial charge in [0, 0.05) is 12.2 Å². The molecule has 112 valence electrons. The fourth-order valence-corrected chi connectivity index (χ4v) is 2.96. The number of nitrogens with zero attached hydrogens (tertiary/aromatic N) is 1. The highest BCUT2D eigenvalue weighted by Gasteiger charge is 2.63.